The number of carbonyl (C=O) groups excluding carboxylic acids is 1. The second kappa shape index (κ2) is 8.27. The molecule has 8 nitrogen and oxygen atoms in total. The van der Waals surface area contributed by atoms with Crippen molar-refractivity contribution >= 4 is 17.7 Å². The minimum atomic E-state index is -0.270. The first-order valence-corrected chi connectivity index (χ1v) is 9.18. The Morgan fingerprint density at radius 2 is 2.25 bits per heavy atom. The van der Waals surface area contributed by atoms with E-state index in [0.717, 1.165) is 6.54 Å². The Balaban J connectivity index is 1.44. The van der Waals surface area contributed by atoms with Crippen molar-refractivity contribution in [2.45, 2.75) is 56.0 Å². The van der Waals surface area contributed by atoms with Crippen LogP contribution in [-0.2, 0) is 11.3 Å². The summed E-state index contributed by atoms with van der Waals surface area (Å²) >= 11 is 1.27. The summed E-state index contributed by atoms with van der Waals surface area (Å²) in [5.74, 6) is 1.08. The largest absolute Gasteiger partial charge is 0.414 e. The van der Waals surface area contributed by atoms with E-state index in [1.165, 1.54) is 50.2 Å². The molecule has 2 aromatic rings. The molecule has 3 rings (SSSR count). The molecule has 1 aliphatic carbocycles. The highest BCUT2D eigenvalue weighted by atomic mass is 32.2. The zero-order valence-electron chi connectivity index (χ0n) is 13.7. The molecular weight excluding hydrogens is 328 g/mol. The summed E-state index contributed by atoms with van der Waals surface area (Å²) < 4.78 is 7.14. The van der Waals surface area contributed by atoms with E-state index in [1.807, 2.05) is 6.92 Å². The fourth-order valence-corrected chi connectivity index (χ4v) is 3.51. The van der Waals surface area contributed by atoms with Crippen LogP contribution in [0.25, 0.3) is 0 Å². The lowest BCUT2D eigenvalue weighted by molar-refractivity contribution is -0.120. The van der Waals surface area contributed by atoms with Crippen LogP contribution in [0.2, 0.25) is 0 Å². The zero-order valence-corrected chi connectivity index (χ0v) is 14.5. The molecule has 1 aliphatic rings. The molecule has 0 bridgehead atoms. The fourth-order valence-electron chi connectivity index (χ4n) is 2.79. The molecule has 130 valence electrons. The minimum Gasteiger partial charge on any atom is -0.414 e. The van der Waals surface area contributed by atoms with Crippen molar-refractivity contribution < 1.29 is 9.21 Å². The van der Waals surface area contributed by atoms with Crippen molar-refractivity contribution in [3.8, 4) is 0 Å². The second-order valence-corrected chi connectivity index (χ2v) is 7.36. The van der Waals surface area contributed by atoms with Gasteiger partial charge in [0.2, 0.25) is 11.8 Å². The second-order valence-electron chi connectivity index (χ2n) is 6.06. The number of hydrogen-bond acceptors (Lipinski definition) is 7. The van der Waals surface area contributed by atoms with Gasteiger partial charge in [-0.2, -0.15) is 5.10 Å². The number of amides is 1. The Hall–Kier alpha value is -1.90. The highest BCUT2D eigenvalue weighted by molar-refractivity contribution is 8.00. The molecule has 1 N–H and O–H groups in total. The van der Waals surface area contributed by atoms with Gasteiger partial charge in [-0.05, 0) is 25.7 Å². The lowest BCUT2D eigenvalue weighted by Crippen LogP contribution is -2.35. The van der Waals surface area contributed by atoms with E-state index in [0.29, 0.717) is 23.6 Å². The summed E-state index contributed by atoms with van der Waals surface area (Å²) in [6, 6.07) is 0. The molecule has 0 radical (unpaired) electrons. The summed E-state index contributed by atoms with van der Waals surface area (Å²) in [4.78, 5) is 16.1. The van der Waals surface area contributed by atoms with Crippen molar-refractivity contribution in [1.82, 2.24) is 30.3 Å². The number of nitrogens with zero attached hydrogens (tertiary/aromatic N) is 5. The van der Waals surface area contributed by atoms with Gasteiger partial charge in [-0.3, -0.25) is 4.79 Å². The van der Waals surface area contributed by atoms with Gasteiger partial charge in [0.25, 0.3) is 5.22 Å². The maximum absolute atomic E-state index is 12.2. The molecule has 24 heavy (non-hydrogen) atoms. The van der Waals surface area contributed by atoms with Crippen LogP contribution < -0.4 is 5.32 Å². The Labute approximate surface area is 144 Å². The van der Waals surface area contributed by atoms with Crippen molar-refractivity contribution in [1.29, 1.82) is 0 Å². The van der Waals surface area contributed by atoms with Crippen LogP contribution in [0.4, 0.5) is 0 Å². The van der Waals surface area contributed by atoms with Crippen LogP contribution in [0.15, 0.2) is 22.3 Å². The van der Waals surface area contributed by atoms with Crippen molar-refractivity contribution in [3.63, 3.8) is 0 Å². The van der Waals surface area contributed by atoms with Gasteiger partial charge in [-0.25, -0.2) is 9.67 Å². The Morgan fingerprint density at radius 3 is 3.00 bits per heavy atom. The molecule has 0 saturated heterocycles. The predicted molar refractivity (Wildman–Crippen MR) is 88.3 cm³/mol. The first-order valence-electron chi connectivity index (χ1n) is 8.30. The van der Waals surface area contributed by atoms with Gasteiger partial charge in [0.15, 0.2) is 0 Å². The third-order valence-corrected chi connectivity index (χ3v) is 5.08. The van der Waals surface area contributed by atoms with Crippen LogP contribution in [0, 0.1) is 5.92 Å². The lowest BCUT2D eigenvalue weighted by atomic mass is 9.89. The van der Waals surface area contributed by atoms with Gasteiger partial charge in [-0.15, -0.1) is 10.2 Å². The molecule has 2 heterocycles. The molecule has 1 atom stereocenters. The molecule has 9 heteroatoms. The molecule has 0 aliphatic heterocycles. The van der Waals surface area contributed by atoms with Gasteiger partial charge >= 0.3 is 0 Å². The molecule has 0 aromatic carbocycles. The average Bonchev–Trinajstić information content (AvgIpc) is 3.26. The van der Waals surface area contributed by atoms with Gasteiger partial charge in [-0.1, -0.05) is 31.0 Å². The smallest absolute Gasteiger partial charge is 0.277 e. The van der Waals surface area contributed by atoms with E-state index in [2.05, 4.69) is 25.6 Å². The third-order valence-electron chi connectivity index (χ3n) is 4.15. The van der Waals surface area contributed by atoms with Crippen LogP contribution in [-0.4, -0.2) is 42.7 Å². The quantitative estimate of drug-likeness (QED) is 0.761. The van der Waals surface area contributed by atoms with Crippen LogP contribution in [0.3, 0.4) is 0 Å². The summed E-state index contributed by atoms with van der Waals surface area (Å²) in [7, 11) is 0. The Morgan fingerprint density at radius 1 is 1.42 bits per heavy atom. The maximum atomic E-state index is 12.2. The van der Waals surface area contributed by atoms with Gasteiger partial charge < -0.3 is 9.73 Å². The molecule has 0 spiro atoms. The average molecular weight is 350 g/mol. The van der Waals surface area contributed by atoms with E-state index < -0.39 is 0 Å². The molecule has 1 unspecified atom stereocenters. The SMILES string of the molecule is CC(Sc1nnc(Cn2cncn2)o1)C(=O)NCC1CCCCC1. The van der Waals surface area contributed by atoms with Crippen molar-refractivity contribution in [3.05, 3.63) is 18.5 Å². The first-order chi connectivity index (χ1) is 11.7. The number of rotatable bonds is 7. The van der Waals surface area contributed by atoms with E-state index in [1.54, 1.807) is 11.0 Å². The van der Waals surface area contributed by atoms with Crippen molar-refractivity contribution in [2.24, 2.45) is 5.92 Å². The summed E-state index contributed by atoms with van der Waals surface area (Å²) in [6.45, 7) is 2.99. The summed E-state index contributed by atoms with van der Waals surface area (Å²) in [6.07, 6.45) is 9.35. The normalized spacial score (nSPS) is 16.9. The van der Waals surface area contributed by atoms with Crippen LogP contribution in [0.5, 0.6) is 0 Å². The topological polar surface area (TPSA) is 98.7 Å². The van der Waals surface area contributed by atoms with Crippen LogP contribution >= 0.6 is 11.8 Å². The predicted octanol–water partition coefficient (Wildman–Crippen LogP) is 1.89. The molecule has 1 saturated carbocycles. The molecule has 2 aromatic heterocycles. The lowest BCUT2D eigenvalue weighted by Gasteiger charge is -2.22. The Kier molecular flexibility index (Phi) is 5.84. The monoisotopic (exact) mass is 350 g/mol. The molecular formula is C15H22N6O2S. The highest BCUT2D eigenvalue weighted by Crippen LogP contribution is 2.24. The highest BCUT2D eigenvalue weighted by Gasteiger charge is 2.20. The number of aromatic nitrogens is 5. The van der Waals surface area contributed by atoms with E-state index in [9.17, 15) is 4.79 Å². The number of carbonyl (C=O) groups is 1. The maximum Gasteiger partial charge on any atom is 0.277 e. The zero-order chi connectivity index (χ0) is 16.8. The molecule has 1 fully saturated rings. The number of hydrogen-bond donors (Lipinski definition) is 1. The van der Waals surface area contributed by atoms with E-state index in [4.69, 9.17) is 4.42 Å². The first kappa shape index (κ1) is 16.9. The third kappa shape index (κ3) is 4.80. The minimum absolute atomic E-state index is 0.0154. The van der Waals surface area contributed by atoms with E-state index >= 15 is 0 Å². The van der Waals surface area contributed by atoms with E-state index in [-0.39, 0.29) is 11.2 Å². The summed E-state index contributed by atoms with van der Waals surface area (Å²) in [5, 5.41) is 15.1. The molecule has 1 amide bonds. The van der Waals surface area contributed by atoms with Crippen molar-refractivity contribution in [2.75, 3.05) is 6.54 Å². The Bertz CT molecular complexity index is 638. The van der Waals surface area contributed by atoms with Gasteiger partial charge in [0.1, 0.15) is 19.2 Å². The number of nitrogens with one attached hydrogen (secondary N) is 1. The fraction of sp³-hybridized carbons (Fsp3) is 0.667. The summed E-state index contributed by atoms with van der Waals surface area (Å²) in [5.41, 5.74) is 0. The van der Waals surface area contributed by atoms with Crippen LogP contribution in [0.1, 0.15) is 44.9 Å². The van der Waals surface area contributed by atoms with Gasteiger partial charge in [0.05, 0.1) is 5.25 Å². The van der Waals surface area contributed by atoms with Gasteiger partial charge in [0, 0.05) is 6.54 Å². The standard InChI is InChI=1S/C15H22N6O2S/c1-11(14(22)17-7-12-5-3-2-4-6-12)24-15-20-19-13(23-15)8-21-10-16-9-18-21/h9-12H,2-8H2,1H3,(H,17,22). The number of thioether (sulfide) groups is 1.